The normalized spacial score (nSPS) is 10.1. The van der Waals surface area contributed by atoms with E-state index in [1.165, 1.54) is 7.11 Å². The van der Waals surface area contributed by atoms with E-state index in [9.17, 15) is 0 Å². The fraction of sp³-hybridized carbons (Fsp3) is 0.182. The number of nitrogens with two attached hydrogens (primary N) is 1. The van der Waals surface area contributed by atoms with Gasteiger partial charge in [0.2, 0.25) is 11.9 Å². The van der Waals surface area contributed by atoms with Crippen molar-refractivity contribution < 1.29 is 4.74 Å². The Kier molecular flexibility index (Phi) is 4.13. The van der Waals surface area contributed by atoms with Crippen LogP contribution in [0, 0.1) is 6.92 Å². The van der Waals surface area contributed by atoms with Gasteiger partial charge in [-0.05, 0) is 24.6 Å². The van der Waals surface area contributed by atoms with Gasteiger partial charge in [-0.2, -0.15) is 15.0 Å². The number of methoxy groups -OCH3 is 1. The second kappa shape index (κ2) is 5.81. The molecule has 0 aliphatic heterocycles. The Morgan fingerprint density at radius 2 is 1.95 bits per heavy atom. The highest BCUT2D eigenvalue weighted by molar-refractivity contribution is 9.10. The van der Waals surface area contributed by atoms with Crippen molar-refractivity contribution >= 4 is 33.5 Å². The van der Waals surface area contributed by atoms with E-state index in [1.54, 1.807) is 0 Å². The number of nitrogens with zero attached hydrogens (tertiary/aromatic N) is 3. The lowest BCUT2D eigenvalue weighted by Gasteiger charge is -2.10. The number of benzene rings is 1. The van der Waals surface area contributed by atoms with E-state index in [-0.39, 0.29) is 12.0 Å². The molecular weight excluding hydrogens is 312 g/mol. The fourth-order valence-corrected chi connectivity index (χ4v) is 1.78. The maximum Gasteiger partial charge on any atom is 0.322 e. The van der Waals surface area contributed by atoms with Crippen LogP contribution in [0.1, 0.15) is 5.56 Å². The van der Waals surface area contributed by atoms with Gasteiger partial charge in [0.1, 0.15) is 0 Å². The minimum atomic E-state index is 0.179. The number of hydrogen-bond donors (Lipinski definition) is 3. The summed E-state index contributed by atoms with van der Waals surface area (Å²) in [5.41, 5.74) is 4.30. The predicted molar refractivity (Wildman–Crippen MR) is 76.4 cm³/mol. The summed E-state index contributed by atoms with van der Waals surface area (Å²) in [6, 6.07) is 6.05. The zero-order valence-corrected chi connectivity index (χ0v) is 12.0. The lowest BCUT2D eigenvalue weighted by molar-refractivity contribution is 0.379. The van der Waals surface area contributed by atoms with Crippen LogP contribution in [-0.4, -0.2) is 22.1 Å². The molecular formula is C11H13BrN6O. The molecule has 2 aromatic rings. The maximum absolute atomic E-state index is 5.30. The van der Waals surface area contributed by atoms with E-state index in [2.05, 4.69) is 41.6 Å². The molecule has 8 heteroatoms. The summed E-state index contributed by atoms with van der Waals surface area (Å²) in [7, 11) is 1.48. The third-order valence-corrected chi connectivity index (χ3v) is 2.87. The molecule has 0 saturated heterocycles. The molecule has 0 aliphatic rings. The maximum atomic E-state index is 5.30. The number of ether oxygens (including phenoxy) is 1. The Morgan fingerprint density at radius 3 is 2.63 bits per heavy atom. The summed E-state index contributed by atoms with van der Waals surface area (Å²) >= 11 is 3.42. The Hall–Kier alpha value is -1.93. The second-order valence-corrected chi connectivity index (χ2v) is 4.61. The van der Waals surface area contributed by atoms with Crippen LogP contribution >= 0.6 is 15.9 Å². The van der Waals surface area contributed by atoms with Crippen LogP contribution in [0.5, 0.6) is 6.01 Å². The number of anilines is 3. The molecule has 100 valence electrons. The van der Waals surface area contributed by atoms with Gasteiger partial charge < -0.3 is 10.1 Å². The Labute approximate surface area is 118 Å². The molecule has 0 spiro atoms. The second-order valence-electron chi connectivity index (χ2n) is 3.70. The average Bonchev–Trinajstić information content (AvgIpc) is 2.42. The van der Waals surface area contributed by atoms with E-state index < -0.39 is 0 Å². The first-order valence-corrected chi connectivity index (χ1v) is 6.21. The molecule has 1 aromatic heterocycles. The Balaban J connectivity index is 2.34. The van der Waals surface area contributed by atoms with Crippen LogP contribution in [0.2, 0.25) is 0 Å². The number of halogens is 1. The molecule has 7 nitrogen and oxygen atoms in total. The molecule has 1 aromatic carbocycles. The number of nitrogen functional groups attached to an aromatic ring is 1. The highest BCUT2D eigenvalue weighted by Crippen LogP contribution is 2.23. The molecule has 0 aliphatic carbocycles. The van der Waals surface area contributed by atoms with Gasteiger partial charge in [-0.1, -0.05) is 22.0 Å². The van der Waals surface area contributed by atoms with Crippen LogP contribution in [0.4, 0.5) is 17.6 Å². The summed E-state index contributed by atoms with van der Waals surface area (Å²) < 4.78 is 5.94. The fourth-order valence-electron chi connectivity index (χ4n) is 1.42. The average molecular weight is 325 g/mol. The summed E-state index contributed by atoms with van der Waals surface area (Å²) in [6.45, 7) is 1.98. The first-order chi connectivity index (χ1) is 9.12. The molecule has 0 atom stereocenters. The van der Waals surface area contributed by atoms with Gasteiger partial charge >= 0.3 is 6.01 Å². The number of hydrogen-bond acceptors (Lipinski definition) is 7. The standard InChI is InChI=1S/C11H13BrN6O/c1-6-3-4-7(12)5-8(6)14-9-15-10(18-13)17-11(16-9)19-2/h3-5H,13H2,1-2H3,(H2,14,15,16,17,18). The SMILES string of the molecule is COc1nc(NN)nc(Nc2cc(Br)ccc2C)n1. The van der Waals surface area contributed by atoms with Crippen molar-refractivity contribution in [2.45, 2.75) is 6.92 Å². The lowest BCUT2D eigenvalue weighted by atomic mass is 10.2. The number of hydrazine groups is 1. The lowest BCUT2D eigenvalue weighted by Crippen LogP contribution is -2.13. The quantitative estimate of drug-likeness (QED) is 0.584. The summed E-state index contributed by atoms with van der Waals surface area (Å²) in [4.78, 5) is 12.1. The predicted octanol–water partition coefficient (Wildman–Crippen LogP) is 1.98. The van der Waals surface area contributed by atoms with E-state index in [4.69, 9.17) is 10.6 Å². The molecule has 1 heterocycles. The first kappa shape index (κ1) is 13.5. The van der Waals surface area contributed by atoms with Gasteiger partial charge in [-0.3, -0.25) is 5.43 Å². The number of aromatic nitrogens is 3. The zero-order chi connectivity index (χ0) is 13.8. The van der Waals surface area contributed by atoms with E-state index in [0.29, 0.717) is 5.95 Å². The Bertz CT molecular complexity index is 569. The molecule has 0 amide bonds. The van der Waals surface area contributed by atoms with Crippen molar-refractivity contribution in [3.05, 3.63) is 28.2 Å². The van der Waals surface area contributed by atoms with Crippen molar-refractivity contribution in [3.63, 3.8) is 0 Å². The van der Waals surface area contributed by atoms with Gasteiger partial charge in [0, 0.05) is 10.2 Å². The van der Waals surface area contributed by atoms with Crippen LogP contribution in [0.25, 0.3) is 0 Å². The van der Waals surface area contributed by atoms with E-state index in [1.807, 2.05) is 25.1 Å². The zero-order valence-electron chi connectivity index (χ0n) is 10.4. The third kappa shape index (κ3) is 3.30. The highest BCUT2D eigenvalue weighted by Gasteiger charge is 2.07. The number of rotatable bonds is 4. The van der Waals surface area contributed by atoms with Gasteiger partial charge in [0.15, 0.2) is 0 Å². The largest absolute Gasteiger partial charge is 0.467 e. The van der Waals surface area contributed by atoms with E-state index in [0.717, 1.165) is 15.7 Å². The molecule has 0 unspecified atom stereocenters. The van der Waals surface area contributed by atoms with Gasteiger partial charge in [0.25, 0.3) is 0 Å². The van der Waals surface area contributed by atoms with Crippen LogP contribution in [-0.2, 0) is 0 Å². The number of nitrogens with one attached hydrogen (secondary N) is 2. The minimum Gasteiger partial charge on any atom is -0.467 e. The van der Waals surface area contributed by atoms with Crippen molar-refractivity contribution in [2.75, 3.05) is 17.9 Å². The van der Waals surface area contributed by atoms with Crippen LogP contribution in [0.3, 0.4) is 0 Å². The molecule has 0 radical (unpaired) electrons. The number of aryl methyl sites for hydroxylation is 1. The van der Waals surface area contributed by atoms with Crippen molar-refractivity contribution in [1.29, 1.82) is 0 Å². The van der Waals surface area contributed by atoms with Gasteiger partial charge in [0.05, 0.1) is 7.11 Å². The summed E-state index contributed by atoms with van der Waals surface area (Å²) in [5, 5.41) is 3.09. The molecule has 2 rings (SSSR count). The molecule has 19 heavy (non-hydrogen) atoms. The first-order valence-electron chi connectivity index (χ1n) is 5.42. The van der Waals surface area contributed by atoms with Crippen molar-refractivity contribution in [3.8, 4) is 6.01 Å². The third-order valence-electron chi connectivity index (χ3n) is 2.37. The van der Waals surface area contributed by atoms with Gasteiger partial charge in [-0.15, -0.1) is 0 Å². The minimum absolute atomic E-state index is 0.179. The molecule has 4 N–H and O–H groups in total. The molecule has 0 saturated carbocycles. The van der Waals surface area contributed by atoms with Crippen LogP contribution in [0.15, 0.2) is 22.7 Å². The van der Waals surface area contributed by atoms with Crippen molar-refractivity contribution in [2.24, 2.45) is 5.84 Å². The summed E-state index contributed by atoms with van der Waals surface area (Å²) in [5.74, 6) is 5.87. The Morgan fingerprint density at radius 1 is 1.21 bits per heavy atom. The molecule has 0 bridgehead atoms. The smallest absolute Gasteiger partial charge is 0.322 e. The van der Waals surface area contributed by atoms with Crippen molar-refractivity contribution in [1.82, 2.24) is 15.0 Å². The highest BCUT2D eigenvalue weighted by atomic mass is 79.9. The monoisotopic (exact) mass is 324 g/mol. The van der Waals surface area contributed by atoms with Gasteiger partial charge in [-0.25, -0.2) is 5.84 Å². The van der Waals surface area contributed by atoms with Crippen LogP contribution < -0.4 is 21.3 Å². The topological polar surface area (TPSA) is 98.0 Å². The molecule has 0 fully saturated rings. The summed E-state index contributed by atoms with van der Waals surface area (Å²) in [6.07, 6.45) is 0. The van der Waals surface area contributed by atoms with E-state index >= 15 is 0 Å².